The predicted octanol–water partition coefficient (Wildman–Crippen LogP) is 5.68. The van der Waals surface area contributed by atoms with Gasteiger partial charge >= 0.3 is 11.7 Å². The quantitative estimate of drug-likeness (QED) is 0.168. The van der Waals surface area contributed by atoms with Crippen LogP contribution in [0, 0.1) is 11.7 Å². The van der Waals surface area contributed by atoms with E-state index in [-0.39, 0.29) is 33.7 Å². The number of fused-ring (bicyclic) bond motifs is 1. The summed E-state index contributed by atoms with van der Waals surface area (Å²) in [4.78, 5) is 51.9. The van der Waals surface area contributed by atoms with Crippen molar-refractivity contribution in [1.82, 2.24) is 24.5 Å². The Hall–Kier alpha value is -4.48. The van der Waals surface area contributed by atoms with Crippen molar-refractivity contribution in [1.29, 1.82) is 0 Å². The predicted molar refractivity (Wildman–Crippen MR) is 159 cm³/mol. The molecule has 10 nitrogen and oxygen atoms in total. The second-order valence-corrected chi connectivity index (χ2v) is 11.0. The van der Waals surface area contributed by atoms with Crippen molar-refractivity contribution in [2.45, 2.75) is 31.7 Å². The molecule has 3 heterocycles. The van der Waals surface area contributed by atoms with E-state index in [1.54, 1.807) is 42.5 Å². The number of rotatable bonds is 8. The first-order valence-corrected chi connectivity index (χ1v) is 14.0. The van der Waals surface area contributed by atoms with Crippen LogP contribution < -0.4 is 21.9 Å². The van der Waals surface area contributed by atoms with Crippen molar-refractivity contribution in [3.8, 4) is 0 Å². The molecule has 6 rings (SSSR count). The van der Waals surface area contributed by atoms with Crippen LogP contribution in [0.15, 0.2) is 70.3 Å². The van der Waals surface area contributed by atoms with E-state index in [2.05, 4.69) is 25.6 Å². The van der Waals surface area contributed by atoms with Crippen LogP contribution >= 0.6 is 23.2 Å². The number of carbonyl (C=O) groups excluding carboxylic acids is 1. The van der Waals surface area contributed by atoms with E-state index in [9.17, 15) is 18.8 Å². The minimum Gasteiger partial charge on any atom is -0.336 e. The third-order valence-corrected chi connectivity index (χ3v) is 7.48. The Morgan fingerprint density at radius 3 is 2.36 bits per heavy atom. The Bertz CT molecular complexity index is 1900. The molecule has 1 atom stereocenters. The zero-order valence-corrected chi connectivity index (χ0v) is 23.5. The molecule has 1 saturated carbocycles. The number of carbonyl (C=O) groups is 1. The molecule has 13 heteroatoms. The van der Waals surface area contributed by atoms with Gasteiger partial charge in [-0.05, 0) is 66.6 Å². The topological polar surface area (TPSA) is 138 Å². The Morgan fingerprint density at radius 2 is 1.67 bits per heavy atom. The lowest BCUT2D eigenvalue weighted by molar-refractivity contribution is 0.262. The molecule has 214 valence electrons. The summed E-state index contributed by atoms with van der Waals surface area (Å²) in [7, 11) is 0. The van der Waals surface area contributed by atoms with Gasteiger partial charge in [-0.2, -0.15) is 0 Å². The third kappa shape index (κ3) is 6.07. The summed E-state index contributed by atoms with van der Waals surface area (Å²) in [6.45, 7) is 0.467. The van der Waals surface area contributed by atoms with E-state index in [0.717, 1.165) is 18.4 Å². The van der Waals surface area contributed by atoms with Gasteiger partial charge in [-0.25, -0.2) is 23.9 Å². The molecule has 1 aliphatic carbocycles. The average Bonchev–Trinajstić information content (AvgIpc) is 3.65. The van der Waals surface area contributed by atoms with E-state index in [0.29, 0.717) is 35.2 Å². The number of benzene rings is 2. The lowest BCUT2D eigenvalue weighted by atomic mass is 9.91. The third-order valence-electron chi connectivity index (χ3n) is 7.09. The lowest BCUT2D eigenvalue weighted by Gasteiger charge is -2.17. The number of imidazole rings is 1. The monoisotopic (exact) mass is 607 g/mol. The molecule has 1 unspecified atom stereocenters. The summed E-state index contributed by atoms with van der Waals surface area (Å²) in [5.41, 5.74) is 1.48. The molecule has 4 N–H and O–H groups in total. The molecule has 5 aromatic rings. The average molecular weight is 608 g/mol. The number of pyridine rings is 1. The van der Waals surface area contributed by atoms with Crippen LogP contribution in [0.25, 0.3) is 11.2 Å². The molecular weight excluding hydrogens is 584 g/mol. The van der Waals surface area contributed by atoms with Crippen LogP contribution in [0.2, 0.25) is 10.3 Å². The van der Waals surface area contributed by atoms with E-state index < -0.39 is 23.2 Å². The Morgan fingerprint density at radius 1 is 0.976 bits per heavy atom. The number of nitrogens with one attached hydrogen (secondary N) is 4. The van der Waals surface area contributed by atoms with E-state index in [1.807, 2.05) is 0 Å². The molecule has 0 aliphatic heterocycles. The molecule has 1 aliphatic rings. The highest BCUT2D eigenvalue weighted by molar-refractivity contribution is 6.33. The first-order chi connectivity index (χ1) is 20.2. The summed E-state index contributed by atoms with van der Waals surface area (Å²) in [5, 5.41) is 5.66. The van der Waals surface area contributed by atoms with Gasteiger partial charge in [-0.15, -0.1) is 0 Å². The fourth-order valence-electron chi connectivity index (χ4n) is 4.84. The zero-order chi connectivity index (χ0) is 29.4. The van der Waals surface area contributed by atoms with E-state index >= 15 is 0 Å². The number of halogens is 3. The highest BCUT2D eigenvalue weighted by atomic mass is 35.5. The van der Waals surface area contributed by atoms with Crippen LogP contribution in [0.4, 0.5) is 20.6 Å². The molecule has 0 bridgehead atoms. The molecule has 2 amide bonds. The van der Waals surface area contributed by atoms with Crippen molar-refractivity contribution in [3.63, 3.8) is 0 Å². The highest BCUT2D eigenvalue weighted by Gasteiger charge is 2.26. The molecule has 0 saturated heterocycles. The smallest absolute Gasteiger partial charge is 0.330 e. The number of urea groups is 1. The number of anilines is 2. The van der Waals surface area contributed by atoms with Gasteiger partial charge in [0.15, 0.2) is 5.65 Å². The lowest BCUT2D eigenvalue weighted by Crippen LogP contribution is -2.30. The van der Waals surface area contributed by atoms with Gasteiger partial charge in [0.2, 0.25) is 0 Å². The van der Waals surface area contributed by atoms with E-state index in [4.69, 9.17) is 28.2 Å². The summed E-state index contributed by atoms with van der Waals surface area (Å²) < 4.78 is 16.2. The van der Waals surface area contributed by atoms with Crippen molar-refractivity contribution >= 4 is 51.8 Å². The van der Waals surface area contributed by atoms with Gasteiger partial charge in [0.25, 0.3) is 5.56 Å². The normalized spacial score (nSPS) is 13.7. The molecule has 1 fully saturated rings. The van der Waals surface area contributed by atoms with Gasteiger partial charge in [0, 0.05) is 23.8 Å². The van der Waals surface area contributed by atoms with Crippen LogP contribution in [0.1, 0.15) is 35.7 Å². The van der Waals surface area contributed by atoms with Crippen LogP contribution in [-0.2, 0) is 13.0 Å². The molecule has 2 aromatic carbocycles. The molecule has 0 spiro atoms. The van der Waals surface area contributed by atoms with Crippen LogP contribution in [-0.4, -0.2) is 30.5 Å². The maximum Gasteiger partial charge on any atom is 0.330 e. The van der Waals surface area contributed by atoms with Gasteiger partial charge in [0.1, 0.15) is 27.5 Å². The summed E-state index contributed by atoms with van der Waals surface area (Å²) >= 11 is 11.8. The van der Waals surface area contributed by atoms with Gasteiger partial charge < -0.3 is 15.6 Å². The minimum atomic E-state index is -0.562. The van der Waals surface area contributed by atoms with Crippen molar-refractivity contribution in [3.05, 3.63) is 115 Å². The van der Waals surface area contributed by atoms with Crippen molar-refractivity contribution in [2.75, 3.05) is 10.6 Å². The zero-order valence-electron chi connectivity index (χ0n) is 22.0. The Kier molecular flexibility index (Phi) is 7.53. The number of nitrogens with zero attached hydrogens (tertiary/aromatic N) is 3. The number of aromatic nitrogens is 5. The number of hydrogen-bond acceptors (Lipinski definition) is 5. The maximum atomic E-state index is 14.7. The number of aromatic amines is 2. The van der Waals surface area contributed by atoms with Gasteiger partial charge in [-0.1, -0.05) is 53.5 Å². The second-order valence-electron chi connectivity index (χ2n) is 10.2. The first kappa shape index (κ1) is 27.7. The summed E-state index contributed by atoms with van der Waals surface area (Å²) in [6, 6.07) is 15.8. The first-order valence-electron chi connectivity index (χ1n) is 13.2. The largest absolute Gasteiger partial charge is 0.336 e. The molecule has 42 heavy (non-hydrogen) atoms. The van der Waals surface area contributed by atoms with Crippen molar-refractivity contribution < 1.29 is 9.18 Å². The molecule has 0 radical (unpaired) electrons. The molecular formula is C29H24Cl2FN7O3. The van der Waals surface area contributed by atoms with Crippen LogP contribution in [0.3, 0.4) is 0 Å². The number of H-pyrrole nitrogens is 2. The Balaban J connectivity index is 1.31. The summed E-state index contributed by atoms with van der Waals surface area (Å²) in [6.07, 6.45) is 2.26. The second kappa shape index (κ2) is 11.4. The molecule has 3 aromatic heterocycles. The number of amides is 2. The van der Waals surface area contributed by atoms with Crippen LogP contribution in [0.5, 0.6) is 0 Å². The fraction of sp³-hybridized carbons (Fsp3) is 0.207. The SMILES string of the molecule is O=C(Nc1ccc(C(Cc2ccccc2F)c2nc3c([nH]2)c(=O)[nH]c(=O)n3CC2CC2)cc1)Nc1cc(Cl)nc(Cl)c1. The summed E-state index contributed by atoms with van der Waals surface area (Å²) in [5.74, 6) is -0.0785. The Labute approximate surface area is 247 Å². The van der Waals surface area contributed by atoms with Gasteiger partial charge in [0.05, 0.1) is 0 Å². The highest BCUT2D eigenvalue weighted by Crippen LogP contribution is 2.32. The standard InChI is InChI=1S/C29H24Cl2FN7O3/c30-22-12-19(13-23(31)35-22)34-28(41)33-18-9-7-16(8-10-18)20(11-17-3-1-2-4-21(17)32)25-36-24-26(37-25)39(14-15-5-6-15)29(42)38-27(24)40/h1-4,7-10,12-13,15,20H,5-6,11,14H2,(H,36,37)(H,38,40,42)(H2,33,34,35,41). The fourth-order valence-corrected chi connectivity index (χ4v) is 5.30. The van der Waals surface area contributed by atoms with Crippen molar-refractivity contribution in [2.24, 2.45) is 5.92 Å². The minimum absolute atomic E-state index is 0.139. The maximum absolute atomic E-state index is 14.7. The van der Waals surface area contributed by atoms with Gasteiger partial charge in [-0.3, -0.25) is 14.3 Å². The number of hydrogen-bond donors (Lipinski definition) is 4. The van der Waals surface area contributed by atoms with E-state index in [1.165, 1.54) is 22.8 Å².